The summed E-state index contributed by atoms with van der Waals surface area (Å²) in [5.74, 6) is 0. The number of aryl methyl sites for hydroxylation is 2. The van der Waals surface area contributed by atoms with Gasteiger partial charge in [0.1, 0.15) is 0 Å². The summed E-state index contributed by atoms with van der Waals surface area (Å²) in [5, 5.41) is 5.13. The molecular weight excluding hydrogens is 316 g/mol. The quantitative estimate of drug-likeness (QED) is 0.350. The second-order valence-corrected chi connectivity index (χ2v) is 6.92. The molecule has 0 amide bonds. The Balaban J connectivity index is 1.95. The Morgan fingerprint density at radius 2 is 1.23 bits per heavy atom. The number of fused-ring (bicyclic) bond motifs is 2. The van der Waals surface area contributed by atoms with Crippen LogP contribution in [0.15, 0.2) is 85.2 Å². The average molecular weight is 336 g/mol. The van der Waals surface area contributed by atoms with E-state index < -0.39 is 0 Å². The van der Waals surface area contributed by atoms with E-state index in [1.54, 1.807) is 0 Å². The minimum absolute atomic E-state index is 1.23. The molecule has 0 spiro atoms. The molecule has 0 aliphatic rings. The van der Waals surface area contributed by atoms with Crippen molar-refractivity contribution in [2.75, 3.05) is 0 Å². The molecule has 0 N–H and O–H groups in total. The molecule has 0 atom stereocenters. The van der Waals surface area contributed by atoms with Gasteiger partial charge in [0.05, 0.1) is 0 Å². The average Bonchev–Trinajstić information content (AvgIpc) is 3.27. The Morgan fingerprint density at radius 3 is 1.88 bits per heavy atom. The molecule has 0 aliphatic heterocycles. The first-order chi connectivity index (χ1) is 12.7. The summed E-state index contributed by atoms with van der Waals surface area (Å²) < 4.78 is 4.39. The fourth-order valence-corrected chi connectivity index (χ4v) is 3.96. The lowest BCUT2D eigenvalue weighted by atomic mass is 9.92. The molecule has 0 saturated carbocycles. The van der Waals surface area contributed by atoms with Crippen molar-refractivity contribution in [2.45, 2.75) is 0 Å². The van der Waals surface area contributed by atoms with Crippen LogP contribution >= 0.6 is 0 Å². The predicted molar refractivity (Wildman–Crippen MR) is 110 cm³/mol. The molecule has 0 saturated heterocycles. The summed E-state index contributed by atoms with van der Waals surface area (Å²) in [6, 6.07) is 26.3. The number of hydrogen-bond donors (Lipinski definition) is 0. The minimum Gasteiger partial charge on any atom is -0.351 e. The largest absolute Gasteiger partial charge is 0.351 e. The maximum Gasteiger partial charge on any atom is 0.0490 e. The number of aromatic nitrogens is 2. The molecule has 2 heteroatoms. The second-order valence-electron chi connectivity index (χ2n) is 6.92. The van der Waals surface area contributed by atoms with E-state index in [1.807, 2.05) is 0 Å². The molecule has 0 radical (unpaired) electrons. The monoisotopic (exact) mass is 336 g/mol. The van der Waals surface area contributed by atoms with Crippen molar-refractivity contribution in [3.63, 3.8) is 0 Å². The zero-order valence-electron chi connectivity index (χ0n) is 15.0. The van der Waals surface area contributed by atoms with Crippen LogP contribution in [0.5, 0.6) is 0 Å². The first-order valence-corrected chi connectivity index (χ1v) is 8.91. The fourth-order valence-electron chi connectivity index (χ4n) is 3.96. The van der Waals surface area contributed by atoms with E-state index in [4.69, 9.17) is 0 Å². The van der Waals surface area contributed by atoms with Crippen LogP contribution in [-0.2, 0) is 14.1 Å². The van der Waals surface area contributed by atoms with E-state index in [9.17, 15) is 0 Å². The van der Waals surface area contributed by atoms with E-state index in [1.165, 1.54) is 44.1 Å². The Labute approximate surface area is 152 Å². The summed E-state index contributed by atoms with van der Waals surface area (Å²) in [7, 11) is 4.22. The van der Waals surface area contributed by atoms with E-state index in [0.717, 1.165) is 0 Å². The topological polar surface area (TPSA) is 9.86 Å². The van der Waals surface area contributed by atoms with Gasteiger partial charge < -0.3 is 9.13 Å². The molecule has 0 fully saturated rings. The molecule has 0 unspecified atom stereocenters. The van der Waals surface area contributed by atoms with Gasteiger partial charge in [-0.15, -0.1) is 0 Å². The van der Waals surface area contributed by atoms with Gasteiger partial charge in [0.15, 0.2) is 0 Å². The molecule has 2 heterocycles. The molecule has 0 bridgehead atoms. The lowest BCUT2D eigenvalue weighted by Gasteiger charge is -2.16. The van der Waals surface area contributed by atoms with Crippen molar-refractivity contribution in [1.29, 1.82) is 0 Å². The van der Waals surface area contributed by atoms with Gasteiger partial charge in [0.2, 0.25) is 0 Å². The molecule has 2 aromatic heterocycles. The number of rotatable bonds is 2. The highest BCUT2D eigenvalue weighted by atomic mass is 14.9. The molecule has 2 nitrogen and oxygen atoms in total. The van der Waals surface area contributed by atoms with Crippen molar-refractivity contribution in [3.05, 3.63) is 85.2 Å². The molecule has 5 aromatic rings. The van der Waals surface area contributed by atoms with Crippen LogP contribution in [-0.4, -0.2) is 9.13 Å². The Morgan fingerprint density at radius 1 is 0.577 bits per heavy atom. The Kier molecular flexibility index (Phi) is 3.26. The zero-order chi connectivity index (χ0) is 17.7. The highest BCUT2D eigenvalue weighted by molar-refractivity contribution is 6.08. The second kappa shape index (κ2) is 5.63. The minimum atomic E-state index is 1.23. The van der Waals surface area contributed by atoms with Crippen molar-refractivity contribution in [1.82, 2.24) is 9.13 Å². The maximum atomic E-state index is 2.33. The molecule has 5 rings (SSSR count). The molecule has 26 heavy (non-hydrogen) atoms. The van der Waals surface area contributed by atoms with Gasteiger partial charge in [-0.25, -0.2) is 0 Å². The summed E-state index contributed by atoms with van der Waals surface area (Å²) in [6.07, 6.45) is 4.22. The molecular formula is C24H20N2. The lowest BCUT2D eigenvalue weighted by Crippen LogP contribution is -1.97. The van der Waals surface area contributed by atoms with Crippen molar-refractivity contribution >= 4 is 21.5 Å². The third-order valence-corrected chi connectivity index (χ3v) is 5.31. The first kappa shape index (κ1) is 15.0. The van der Waals surface area contributed by atoms with Gasteiger partial charge in [-0.2, -0.15) is 0 Å². The standard InChI is InChI=1S/C24H20N2/c1-25-13-5-9-22(25)20-12-11-19-15-17-7-3-4-8-18(17)16-21(19)24(20)23-10-6-14-26(23)2/h3-16H,1-2H3. The van der Waals surface area contributed by atoms with Crippen LogP contribution < -0.4 is 0 Å². The highest BCUT2D eigenvalue weighted by Gasteiger charge is 2.16. The van der Waals surface area contributed by atoms with Gasteiger partial charge in [-0.1, -0.05) is 36.4 Å². The summed E-state index contributed by atoms with van der Waals surface area (Å²) >= 11 is 0. The molecule has 0 aliphatic carbocycles. The number of nitrogens with zero attached hydrogens (tertiary/aromatic N) is 2. The normalized spacial score (nSPS) is 11.5. The zero-order valence-corrected chi connectivity index (χ0v) is 15.0. The van der Waals surface area contributed by atoms with Gasteiger partial charge in [-0.05, 0) is 57.9 Å². The van der Waals surface area contributed by atoms with Gasteiger partial charge in [-0.3, -0.25) is 0 Å². The maximum absolute atomic E-state index is 2.33. The van der Waals surface area contributed by atoms with Crippen molar-refractivity contribution in [3.8, 4) is 22.5 Å². The van der Waals surface area contributed by atoms with E-state index in [0.29, 0.717) is 0 Å². The SMILES string of the molecule is Cn1cccc1-c1ccc2cc3ccccc3cc2c1-c1cccn1C. The third-order valence-electron chi connectivity index (χ3n) is 5.31. The van der Waals surface area contributed by atoms with Crippen LogP contribution in [0.2, 0.25) is 0 Å². The lowest BCUT2D eigenvalue weighted by molar-refractivity contribution is 0.930. The Hall–Kier alpha value is -3.26. The molecule has 126 valence electrons. The Bertz CT molecular complexity index is 1250. The van der Waals surface area contributed by atoms with Crippen LogP contribution in [0.25, 0.3) is 44.1 Å². The van der Waals surface area contributed by atoms with Crippen LogP contribution in [0.3, 0.4) is 0 Å². The predicted octanol–water partition coefficient (Wildman–Crippen LogP) is 6.00. The summed E-state index contributed by atoms with van der Waals surface area (Å²) in [5.41, 5.74) is 5.03. The van der Waals surface area contributed by atoms with Crippen molar-refractivity contribution < 1.29 is 0 Å². The number of benzene rings is 3. The van der Waals surface area contributed by atoms with Crippen LogP contribution in [0.4, 0.5) is 0 Å². The summed E-state index contributed by atoms with van der Waals surface area (Å²) in [6.45, 7) is 0. The van der Waals surface area contributed by atoms with Gasteiger partial charge in [0.25, 0.3) is 0 Å². The van der Waals surface area contributed by atoms with Crippen LogP contribution in [0.1, 0.15) is 0 Å². The van der Waals surface area contributed by atoms with E-state index in [2.05, 4.69) is 108 Å². The number of hydrogen-bond acceptors (Lipinski definition) is 0. The molecule has 3 aromatic carbocycles. The smallest absolute Gasteiger partial charge is 0.0490 e. The van der Waals surface area contributed by atoms with Crippen molar-refractivity contribution in [2.24, 2.45) is 14.1 Å². The van der Waals surface area contributed by atoms with E-state index in [-0.39, 0.29) is 0 Å². The summed E-state index contributed by atoms with van der Waals surface area (Å²) in [4.78, 5) is 0. The fraction of sp³-hybridized carbons (Fsp3) is 0.0833. The first-order valence-electron chi connectivity index (χ1n) is 8.91. The van der Waals surface area contributed by atoms with E-state index >= 15 is 0 Å². The van der Waals surface area contributed by atoms with Crippen LogP contribution in [0, 0.1) is 0 Å². The third kappa shape index (κ3) is 2.19. The highest BCUT2D eigenvalue weighted by Crippen LogP contribution is 2.39. The van der Waals surface area contributed by atoms with Gasteiger partial charge in [0, 0.05) is 49.0 Å². The van der Waals surface area contributed by atoms with Gasteiger partial charge >= 0.3 is 0 Å².